The van der Waals surface area contributed by atoms with E-state index in [-0.39, 0.29) is 22.8 Å². The Hall–Kier alpha value is -1.47. The summed E-state index contributed by atoms with van der Waals surface area (Å²) in [5, 5.41) is 4.77. The van der Waals surface area contributed by atoms with Crippen LogP contribution in [0.15, 0.2) is 16.7 Å². The van der Waals surface area contributed by atoms with E-state index in [1.807, 2.05) is 6.92 Å². The Morgan fingerprint density at radius 3 is 2.86 bits per heavy atom. The lowest BCUT2D eigenvalue weighted by atomic mass is 10.1. The fraction of sp³-hybridized carbons (Fsp3) is 0.462. The normalized spacial score (nSPS) is 21.0. The maximum Gasteiger partial charge on any atom is 0.202 e. The molecule has 0 aromatic carbocycles. The fourth-order valence-electron chi connectivity index (χ4n) is 2.76. The van der Waals surface area contributed by atoms with Gasteiger partial charge in [0.2, 0.25) is 5.22 Å². The van der Waals surface area contributed by atoms with Gasteiger partial charge in [-0.05, 0) is 30.5 Å². The zero-order chi connectivity index (χ0) is 15.2. The van der Waals surface area contributed by atoms with Crippen LogP contribution in [0.5, 0.6) is 0 Å². The average molecular weight is 330 g/mol. The summed E-state index contributed by atoms with van der Waals surface area (Å²) in [6.45, 7) is 1.97. The van der Waals surface area contributed by atoms with Gasteiger partial charge in [-0.2, -0.15) is 5.10 Å². The maximum absolute atomic E-state index is 11.7. The summed E-state index contributed by atoms with van der Waals surface area (Å²) in [5.74, 6) is 0.771. The van der Waals surface area contributed by atoms with Gasteiger partial charge in [-0.15, -0.1) is 0 Å². The summed E-state index contributed by atoms with van der Waals surface area (Å²) in [4.78, 5) is 0. The van der Waals surface area contributed by atoms with Gasteiger partial charge in [-0.25, -0.2) is 13.1 Å². The van der Waals surface area contributed by atoms with E-state index in [0.29, 0.717) is 29.9 Å². The predicted octanol–water partition coefficient (Wildman–Crippen LogP) is 2.30. The van der Waals surface area contributed by atoms with Crippen LogP contribution in [0.25, 0.3) is 11.3 Å². The first-order valence-corrected chi connectivity index (χ1v) is 8.93. The first-order chi connectivity index (χ1) is 9.93. The molecule has 0 amide bonds. The first kappa shape index (κ1) is 14.5. The van der Waals surface area contributed by atoms with Gasteiger partial charge < -0.3 is 10.2 Å². The lowest BCUT2D eigenvalue weighted by Gasteiger charge is -2.10. The average Bonchev–Trinajstić information content (AvgIpc) is 3.07. The molecule has 0 radical (unpaired) electrons. The second-order valence-corrected chi connectivity index (χ2v) is 7.75. The molecule has 114 valence electrons. The number of aromatic nitrogens is 2. The van der Waals surface area contributed by atoms with Crippen LogP contribution in [0.4, 0.5) is 5.82 Å². The zero-order valence-corrected chi connectivity index (χ0v) is 13.1. The SMILES string of the molecule is CCc1c(-c2ccoc2Cl)nn(C2CCS(=O)(=O)C2)c1N. The van der Waals surface area contributed by atoms with Gasteiger partial charge in [0, 0.05) is 5.56 Å². The predicted molar refractivity (Wildman–Crippen MR) is 81.0 cm³/mol. The first-order valence-electron chi connectivity index (χ1n) is 6.73. The largest absolute Gasteiger partial charge is 0.452 e. The van der Waals surface area contributed by atoms with E-state index in [2.05, 4.69) is 5.10 Å². The molecule has 1 aliphatic rings. The summed E-state index contributed by atoms with van der Waals surface area (Å²) in [7, 11) is -2.99. The van der Waals surface area contributed by atoms with E-state index in [1.165, 1.54) is 6.26 Å². The van der Waals surface area contributed by atoms with Crippen molar-refractivity contribution >= 4 is 27.3 Å². The second-order valence-electron chi connectivity index (χ2n) is 5.18. The summed E-state index contributed by atoms with van der Waals surface area (Å²) >= 11 is 6.02. The molecule has 2 N–H and O–H groups in total. The van der Waals surface area contributed by atoms with Crippen molar-refractivity contribution in [2.75, 3.05) is 17.2 Å². The minimum Gasteiger partial charge on any atom is -0.452 e. The lowest BCUT2D eigenvalue weighted by Crippen LogP contribution is -2.15. The third-order valence-corrected chi connectivity index (χ3v) is 5.87. The molecule has 0 aliphatic carbocycles. The molecule has 3 rings (SSSR count). The van der Waals surface area contributed by atoms with Crippen molar-refractivity contribution in [3.05, 3.63) is 23.1 Å². The van der Waals surface area contributed by atoms with Gasteiger partial charge in [0.25, 0.3) is 0 Å². The van der Waals surface area contributed by atoms with Crippen LogP contribution < -0.4 is 5.73 Å². The molecule has 21 heavy (non-hydrogen) atoms. The minimum atomic E-state index is -2.99. The van der Waals surface area contributed by atoms with Crippen LogP contribution in [-0.4, -0.2) is 29.7 Å². The summed E-state index contributed by atoms with van der Waals surface area (Å²) < 4.78 is 30.0. The van der Waals surface area contributed by atoms with Crippen molar-refractivity contribution in [2.45, 2.75) is 25.8 Å². The number of hydrogen-bond donors (Lipinski definition) is 1. The molecule has 1 fully saturated rings. The Bertz CT molecular complexity index is 779. The molecule has 1 atom stereocenters. The van der Waals surface area contributed by atoms with Gasteiger partial charge in [0.15, 0.2) is 9.84 Å². The number of sulfone groups is 1. The highest BCUT2D eigenvalue weighted by atomic mass is 35.5. The molecule has 0 saturated carbocycles. The summed E-state index contributed by atoms with van der Waals surface area (Å²) in [6, 6.07) is 1.53. The van der Waals surface area contributed by atoms with Crippen molar-refractivity contribution in [1.82, 2.24) is 9.78 Å². The monoisotopic (exact) mass is 329 g/mol. The molecule has 2 aromatic heterocycles. The summed E-state index contributed by atoms with van der Waals surface area (Å²) in [5.41, 5.74) is 8.38. The van der Waals surface area contributed by atoms with Gasteiger partial charge in [-0.1, -0.05) is 6.92 Å². The number of rotatable bonds is 3. The molecule has 2 aromatic rings. The second kappa shape index (κ2) is 5.06. The summed E-state index contributed by atoms with van der Waals surface area (Å²) in [6.07, 6.45) is 2.71. The van der Waals surface area contributed by atoms with E-state index in [0.717, 1.165) is 5.56 Å². The highest BCUT2D eigenvalue weighted by molar-refractivity contribution is 7.91. The molecule has 0 spiro atoms. The lowest BCUT2D eigenvalue weighted by molar-refractivity contribution is 0.507. The molecule has 6 nitrogen and oxygen atoms in total. The standard InChI is InChI=1S/C13H16ClN3O3S/c1-2-9-11(10-3-5-20-12(10)14)16-17(13(9)15)8-4-6-21(18,19)7-8/h3,5,8H,2,4,6-7,15H2,1H3. The molecule has 3 heterocycles. The number of hydrogen-bond acceptors (Lipinski definition) is 5. The number of nitrogens with zero attached hydrogens (tertiary/aromatic N) is 2. The highest BCUT2D eigenvalue weighted by Gasteiger charge is 2.32. The molecule has 1 aliphatic heterocycles. The maximum atomic E-state index is 11.7. The number of halogens is 1. The van der Waals surface area contributed by atoms with E-state index in [1.54, 1.807) is 10.7 Å². The zero-order valence-electron chi connectivity index (χ0n) is 11.5. The van der Waals surface area contributed by atoms with Gasteiger partial charge >= 0.3 is 0 Å². The Balaban J connectivity index is 2.08. The van der Waals surface area contributed by atoms with Crippen molar-refractivity contribution in [2.24, 2.45) is 0 Å². The third-order valence-electron chi connectivity index (χ3n) is 3.83. The highest BCUT2D eigenvalue weighted by Crippen LogP contribution is 2.36. The fourth-order valence-corrected chi connectivity index (χ4v) is 4.65. The Labute approximate surface area is 127 Å². The number of nitrogen functional groups attached to an aromatic ring is 1. The van der Waals surface area contributed by atoms with E-state index in [9.17, 15) is 8.42 Å². The molecular formula is C13H16ClN3O3S. The molecule has 8 heteroatoms. The van der Waals surface area contributed by atoms with Crippen LogP contribution >= 0.6 is 11.6 Å². The Morgan fingerprint density at radius 2 is 2.33 bits per heavy atom. The van der Waals surface area contributed by atoms with E-state index in [4.69, 9.17) is 21.8 Å². The number of furan rings is 1. The van der Waals surface area contributed by atoms with Crippen LogP contribution in [0.1, 0.15) is 24.9 Å². The number of anilines is 1. The van der Waals surface area contributed by atoms with Gasteiger partial charge in [-0.3, -0.25) is 0 Å². The topological polar surface area (TPSA) is 91.1 Å². The Morgan fingerprint density at radius 1 is 1.57 bits per heavy atom. The van der Waals surface area contributed by atoms with E-state index < -0.39 is 9.84 Å². The third kappa shape index (κ3) is 2.44. The Kier molecular flexibility index (Phi) is 3.49. The smallest absolute Gasteiger partial charge is 0.202 e. The minimum absolute atomic E-state index is 0.0839. The molecule has 0 bridgehead atoms. The van der Waals surface area contributed by atoms with Crippen LogP contribution in [0.3, 0.4) is 0 Å². The molecule has 1 saturated heterocycles. The van der Waals surface area contributed by atoms with Crippen molar-refractivity contribution in [3.63, 3.8) is 0 Å². The molecule has 1 unspecified atom stereocenters. The van der Waals surface area contributed by atoms with E-state index >= 15 is 0 Å². The van der Waals surface area contributed by atoms with Gasteiger partial charge in [0.1, 0.15) is 11.5 Å². The number of nitrogens with two attached hydrogens (primary N) is 1. The molecular weight excluding hydrogens is 314 g/mol. The van der Waals surface area contributed by atoms with Crippen molar-refractivity contribution in [1.29, 1.82) is 0 Å². The van der Waals surface area contributed by atoms with Crippen LogP contribution in [0, 0.1) is 0 Å². The van der Waals surface area contributed by atoms with Crippen molar-refractivity contribution < 1.29 is 12.8 Å². The van der Waals surface area contributed by atoms with Crippen molar-refractivity contribution in [3.8, 4) is 11.3 Å². The van der Waals surface area contributed by atoms with Gasteiger partial charge in [0.05, 0.1) is 29.4 Å². The van der Waals surface area contributed by atoms with Crippen LogP contribution in [0.2, 0.25) is 5.22 Å². The quantitative estimate of drug-likeness (QED) is 0.932. The van der Waals surface area contributed by atoms with Crippen LogP contribution in [-0.2, 0) is 16.3 Å².